The van der Waals surface area contributed by atoms with Gasteiger partial charge in [0.1, 0.15) is 12.3 Å². The lowest BCUT2D eigenvalue weighted by Gasteiger charge is -2.37. The van der Waals surface area contributed by atoms with Gasteiger partial charge in [-0.05, 0) is 78.4 Å². The van der Waals surface area contributed by atoms with E-state index < -0.39 is 0 Å². The summed E-state index contributed by atoms with van der Waals surface area (Å²) < 4.78 is 7.40. The van der Waals surface area contributed by atoms with E-state index in [1.807, 2.05) is 22.9 Å². The first-order chi connectivity index (χ1) is 16.9. The van der Waals surface area contributed by atoms with Crippen LogP contribution in [0.1, 0.15) is 73.8 Å². The normalized spacial score (nSPS) is 15.6. The summed E-state index contributed by atoms with van der Waals surface area (Å²) in [7, 11) is 0. The SMILES string of the molecule is Cc1cc(C)c2cc(CN(C3CCCC3)C(c3nnnn3Cc3ccco3)C(C)C)c(=O)[nH]c2c1. The van der Waals surface area contributed by atoms with Crippen LogP contribution >= 0.6 is 0 Å². The van der Waals surface area contributed by atoms with E-state index in [0.717, 1.165) is 46.5 Å². The number of aromatic nitrogens is 5. The number of aromatic amines is 1. The van der Waals surface area contributed by atoms with Crippen molar-refractivity contribution in [2.24, 2.45) is 5.92 Å². The van der Waals surface area contributed by atoms with Gasteiger partial charge < -0.3 is 9.40 Å². The number of hydrogen-bond donors (Lipinski definition) is 1. The van der Waals surface area contributed by atoms with Crippen LogP contribution in [-0.4, -0.2) is 36.1 Å². The van der Waals surface area contributed by atoms with Crippen molar-refractivity contribution >= 4 is 10.9 Å². The van der Waals surface area contributed by atoms with Crippen molar-refractivity contribution in [1.82, 2.24) is 30.1 Å². The van der Waals surface area contributed by atoms with Crippen molar-refractivity contribution in [2.75, 3.05) is 0 Å². The third-order valence-electron chi connectivity index (χ3n) is 7.23. The van der Waals surface area contributed by atoms with Crippen LogP contribution in [0.2, 0.25) is 0 Å². The number of hydrogen-bond acceptors (Lipinski definition) is 6. The molecule has 0 radical (unpaired) electrons. The van der Waals surface area contributed by atoms with Crippen LogP contribution in [0.4, 0.5) is 0 Å². The Bertz CT molecular complexity index is 1350. The van der Waals surface area contributed by atoms with Gasteiger partial charge in [0.15, 0.2) is 5.82 Å². The van der Waals surface area contributed by atoms with E-state index in [0.29, 0.717) is 19.1 Å². The van der Waals surface area contributed by atoms with Gasteiger partial charge >= 0.3 is 0 Å². The standard InChI is InChI=1S/C27H34N6O2/c1-17(2)25(26-29-30-31-33(26)16-22-10-7-11-35-22)32(21-8-5-6-9-21)15-20-14-23-19(4)12-18(3)13-24(23)28-27(20)34/h7,10-14,17,21,25H,5-6,8-9,15-16H2,1-4H3,(H,28,34). The van der Waals surface area contributed by atoms with E-state index >= 15 is 0 Å². The number of benzene rings is 1. The Hall–Kier alpha value is -3.26. The van der Waals surface area contributed by atoms with Crippen molar-refractivity contribution in [3.63, 3.8) is 0 Å². The minimum Gasteiger partial charge on any atom is -0.467 e. The van der Waals surface area contributed by atoms with E-state index in [2.05, 4.69) is 65.2 Å². The molecule has 0 aliphatic heterocycles. The highest BCUT2D eigenvalue weighted by Gasteiger charge is 2.35. The second-order valence-electron chi connectivity index (χ2n) is 10.2. The summed E-state index contributed by atoms with van der Waals surface area (Å²) in [6.07, 6.45) is 6.31. The molecular formula is C27H34N6O2. The molecule has 35 heavy (non-hydrogen) atoms. The van der Waals surface area contributed by atoms with Crippen LogP contribution in [0.15, 0.2) is 45.8 Å². The van der Waals surface area contributed by atoms with Gasteiger partial charge in [0.05, 0.1) is 12.3 Å². The maximum atomic E-state index is 13.2. The van der Waals surface area contributed by atoms with E-state index in [1.165, 1.54) is 18.4 Å². The van der Waals surface area contributed by atoms with Gasteiger partial charge in [0.25, 0.3) is 5.56 Å². The van der Waals surface area contributed by atoms with Gasteiger partial charge in [0.2, 0.25) is 0 Å². The smallest absolute Gasteiger partial charge is 0.252 e. The lowest BCUT2D eigenvalue weighted by atomic mass is 9.97. The fraction of sp³-hybridized carbons (Fsp3) is 0.481. The van der Waals surface area contributed by atoms with E-state index in [-0.39, 0.29) is 17.5 Å². The average Bonchev–Trinajstić information content (AvgIpc) is 3.58. The third kappa shape index (κ3) is 4.80. The molecule has 1 aliphatic carbocycles. The number of tetrazole rings is 1. The first kappa shape index (κ1) is 23.5. The molecular weight excluding hydrogens is 440 g/mol. The molecule has 0 bridgehead atoms. The summed E-state index contributed by atoms with van der Waals surface area (Å²) in [6.45, 7) is 9.60. The third-order valence-corrected chi connectivity index (χ3v) is 7.23. The van der Waals surface area contributed by atoms with Crippen LogP contribution in [0.3, 0.4) is 0 Å². The molecule has 0 amide bonds. The Morgan fingerprint density at radius 1 is 1.20 bits per heavy atom. The molecule has 1 atom stereocenters. The fourth-order valence-electron chi connectivity index (χ4n) is 5.64. The number of aryl methyl sites for hydroxylation is 2. The number of nitrogens with zero attached hydrogens (tertiary/aromatic N) is 5. The molecule has 0 saturated heterocycles. The van der Waals surface area contributed by atoms with Crippen molar-refractivity contribution < 1.29 is 4.42 Å². The first-order valence-electron chi connectivity index (χ1n) is 12.6. The molecule has 1 unspecified atom stereocenters. The van der Waals surface area contributed by atoms with Gasteiger partial charge in [-0.25, -0.2) is 4.68 Å². The lowest BCUT2D eigenvalue weighted by molar-refractivity contribution is 0.0842. The zero-order chi connectivity index (χ0) is 24.5. The van der Waals surface area contributed by atoms with Crippen molar-refractivity contribution in [3.8, 4) is 0 Å². The molecule has 8 heteroatoms. The molecule has 5 rings (SSSR count). The highest BCUT2D eigenvalue weighted by Crippen LogP contribution is 2.36. The van der Waals surface area contributed by atoms with Gasteiger partial charge in [0, 0.05) is 29.1 Å². The number of H-pyrrole nitrogens is 1. The quantitative estimate of drug-likeness (QED) is 0.390. The van der Waals surface area contributed by atoms with Gasteiger partial charge in [-0.15, -0.1) is 5.10 Å². The monoisotopic (exact) mass is 474 g/mol. The summed E-state index contributed by atoms with van der Waals surface area (Å²) in [5.41, 5.74) is 3.98. The zero-order valence-corrected chi connectivity index (χ0v) is 21.0. The molecule has 184 valence electrons. The Morgan fingerprint density at radius 3 is 2.71 bits per heavy atom. The Labute approximate surface area is 205 Å². The zero-order valence-electron chi connectivity index (χ0n) is 21.0. The maximum absolute atomic E-state index is 13.2. The van der Waals surface area contributed by atoms with E-state index in [1.54, 1.807) is 6.26 Å². The van der Waals surface area contributed by atoms with Gasteiger partial charge in [-0.1, -0.05) is 32.8 Å². The second kappa shape index (κ2) is 9.77. The lowest BCUT2D eigenvalue weighted by Crippen LogP contribution is -2.41. The van der Waals surface area contributed by atoms with E-state index in [4.69, 9.17) is 4.42 Å². The summed E-state index contributed by atoms with van der Waals surface area (Å²) >= 11 is 0. The van der Waals surface area contributed by atoms with Crippen LogP contribution in [0, 0.1) is 19.8 Å². The summed E-state index contributed by atoms with van der Waals surface area (Å²) in [5, 5.41) is 13.9. The van der Waals surface area contributed by atoms with Gasteiger partial charge in [-0.2, -0.15) is 0 Å². The molecule has 1 fully saturated rings. The van der Waals surface area contributed by atoms with Crippen molar-refractivity contribution in [3.05, 3.63) is 75.2 Å². The first-order valence-corrected chi connectivity index (χ1v) is 12.6. The van der Waals surface area contributed by atoms with Crippen LogP contribution in [0.5, 0.6) is 0 Å². The average molecular weight is 475 g/mol. The van der Waals surface area contributed by atoms with E-state index in [9.17, 15) is 4.79 Å². The summed E-state index contributed by atoms with van der Waals surface area (Å²) in [5.74, 6) is 1.87. The predicted molar refractivity (Wildman–Crippen MR) is 135 cm³/mol. The molecule has 1 N–H and O–H groups in total. The molecule has 3 aromatic heterocycles. The number of fused-ring (bicyclic) bond motifs is 1. The van der Waals surface area contributed by atoms with Crippen LogP contribution in [0.25, 0.3) is 10.9 Å². The number of pyridine rings is 1. The Morgan fingerprint density at radius 2 is 2.00 bits per heavy atom. The minimum atomic E-state index is -0.0303. The number of furan rings is 1. The largest absolute Gasteiger partial charge is 0.467 e. The minimum absolute atomic E-state index is 0.0248. The Balaban J connectivity index is 1.55. The van der Waals surface area contributed by atoms with Crippen molar-refractivity contribution in [1.29, 1.82) is 0 Å². The second-order valence-corrected chi connectivity index (χ2v) is 10.2. The fourth-order valence-corrected chi connectivity index (χ4v) is 5.64. The summed E-state index contributed by atoms with van der Waals surface area (Å²) in [4.78, 5) is 18.8. The van der Waals surface area contributed by atoms with Crippen LogP contribution < -0.4 is 5.56 Å². The molecule has 1 aromatic carbocycles. The molecule has 3 heterocycles. The predicted octanol–water partition coefficient (Wildman–Crippen LogP) is 4.91. The highest BCUT2D eigenvalue weighted by molar-refractivity contribution is 5.83. The molecule has 8 nitrogen and oxygen atoms in total. The maximum Gasteiger partial charge on any atom is 0.252 e. The topological polar surface area (TPSA) is 92.8 Å². The Kier molecular flexibility index (Phi) is 6.56. The van der Waals surface area contributed by atoms with Crippen molar-refractivity contribution in [2.45, 2.75) is 78.6 Å². The number of rotatable bonds is 8. The molecule has 1 saturated carbocycles. The van der Waals surface area contributed by atoms with Crippen LogP contribution in [-0.2, 0) is 13.1 Å². The summed E-state index contributed by atoms with van der Waals surface area (Å²) in [6, 6.07) is 10.4. The van der Waals surface area contributed by atoms with Gasteiger partial charge in [-0.3, -0.25) is 9.69 Å². The number of nitrogens with one attached hydrogen (secondary N) is 1. The molecule has 4 aromatic rings. The molecule has 0 spiro atoms. The highest BCUT2D eigenvalue weighted by atomic mass is 16.3. The molecule has 1 aliphatic rings.